The Bertz CT molecular complexity index is 742. The lowest BCUT2D eigenvalue weighted by Crippen LogP contribution is -2.38. The summed E-state index contributed by atoms with van der Waals surface area (Å²) < 4.78 is 4.60. The van der Waals surface area contributed by atoms with Crippen molar-refractivity contribution in [2.45, 2.75) is 16.1 Å². The highest BCUT2D eigenvalue weighted by Gasteiger charge is 2.46. The molecule has 5 heteroatoms. The molecule has 110 valence electrons. The normalized spacial score (nSPS) is 19.2. The first-order valence-electron chi connectivity index (χ1n) is 6.83. The Kier molecular flexibility index (Phi) is 3.78. The monoisotopic (exact) mass is 310 g/mol. The fourth-order valence-electron chi connectivity index (χ4n) is 2.70. The van der Waals surface area contributed by atoms with E-state index in [9.17, 15) is 4.79 Å². The summed E-state index contributed by atoms with van der Waals surface area (Å²) in [6.07, 6.45) is 0.524. The van der Waals surface area contributed by atoms with Gasteiger partial charge in [0.05, 0.1) is 0 Å². The van der Waals surface area contributed by atoms with Gasteiger partial charge in [-0.15, -0.1) is 11.8 Å². The van der Waals surface area contributed by atoms with E-state index in [2.05, 4.69) is 0 Å². The number of nitriles is 1. The molecule has 1 amide bonds. The number of hydrogen-bond donors (Lipinski definition) is 1. The maximum atomic E-state index is 12.3. The maximum absolute atomic E-state index is 12.3. The van der Waals surface area contributed by atoms with Gasteiger partial charge in [0.2, 0.25) is 5.91 Å². The van der Waals surface area contributed by atoms with Crippen molar-refractivity contribution in [1.29, 1.82) is 5.26 Å². The van der Waals surface area contributed by atoms with Crippen LogP contribution in [-0.2, 0) is 16.0 Å². The maximum Gasteiger partial charge on any atom is 0.239 e. The molecule has 0 radical (unpaired) electrons. The molecule has 0 aliphatic carbocycles. The summed E-state index contributed by atoms with van der Waals surface area (Å²) in [6.45, 7) is -0.0660. The number of hydrogen-bond acceptors (Lipinski definition) is 4. The number of ether oxygens (including phenoxy) is 1. The van der Waals surface area contributed by atoms with Crippen molar-refractivity contribution >= 4 is 17.7 Å². The lowest BCUT2D eigenvalue weighted by atomic mass is 9.90. The number of thioether (sulfide) groups is 1. The van der Waals surface area contributed by atoms with Crippen molar-refractivity contribution in [1.82, 2.24) is 0 Å². The van der Waals surface area contributed by atoms with E-state index in [1.54, 1.807) is 6.07 Å². The highest BCUT2D eigenvalue weighted by Crippen LogP contribution is 2.53. The lowest BCUT2D eigenvalue weighted by molar-refractivity contribution is -0.120. The molecule has 3 rings (SSSR count). The van der Waals surface area contributed by atoms with E-state index in [1.165, 1.54) is 11.8 Å². The number of carbonyl (C=O) groups excluding carboxylic acids is 1. The SMILES string of the molecule is N#CCOc1ccccc1C1(C(N)=O)Cc2ccccc2S1. The molecule has 22 heavy (non-hydrogen) atoms. The van der Waals surface area contributed by atoms with E-state index in [1.807, 2.05) is 48.5 Å². The quantitative estimate of drug-likeness (QED) is 0.942. The van der Waals surface area contributed by atoms with Crippen LogP contribution in [-0.4, -0.2) is 12.5 Å². The Hall–Kier alpha value is -2.45. The van der Waals surface area contributed by atoms with Crippen molar-refractivity contribution < 1.29 is 9.53 Å². The smallest absolute Gasteiger partial charge is 0.239 e. The van der Waals surface area contributed by atoms with Gasteiger partial charge in [-0.3, -0.25) is 4.79 Å². The van der Waals surface area contributed by atoms with E-state index in [-0.39, 0.29) is 6.61 Å². The number of primary amides is 1. The third-order valence-corrected chi connectivity index (χ3v) is 5.24. The summed E-state index contributed by atoms with van der Waals surface area (Å²) in [6, 6.07) is 17.1. The van der Waals surface area contributed by atoms with Gasteiger partial charge < -0.3 is 10.5 Å². The van der Waals surface area contributed by atoms with E-state index in [0.29, 0.717) is 12.2 Å². The summed E-state index contributed by atoms with van der Waals surface area (Å²) in [5.41, 5.74) is 7.58. The molecule has 4 nitrogen and oxygen atoms in total. The summed E-state index contributed by atoms with van der Waals surface area (Å²) in [5, 5.41) is 8.73. The Labute approximate surface area is 132 Å². The fourth-order valence-corrected chi connectivity index (χ4v) is 4.10. The average molecular weight is 310 g/mol. The van der Waals surface area contributed by atoms with Crippen LogP contribution >= 0.6 is 11.8 Å². The molecule has 0 bridgehead atoms. The second kappa shape index (κ2) is 5.74. The second-order valence-corrected chi connectivity index (χ2v) is 6.36. The zero-order valence-corrected chi connectivity index (χ0v) is 12.6. The predicted octanol–water partition coefficient (Wildman–Crippen LogP) is 2.62. The first kappa shape index (κ1) is 14.5. The molecular weight excluding hydrogens is 296 g/mol. The topological polar surface area (TPSA) is 76.1 Å². The average Bonchev–Trinajstić information content (AvgIpc) is 2.94. The van der Waals surface area contributed by atoms with Crippen molar-refractivity contribution in [3.05, 3.63) is 59.7 Å². The summed E-state index contributed by atoms with van der Waals surface area (Å²) in [7, 11) is 0. The second-order valence-electron chi connectivity index (χ2n) is 5.02. The van der Waals surface area contributed by atoms with Crippen LogP contribution in [0.1, 0.15) is 11.1 Å². The lowest BCUT2D eigenvalue weighted by Gasteiger charge is -2.26. The highest BCUT2D eigenvalue weighted by molar-refractivity contribution is 8.01. The number of nitrogens with two attached hydrogens (primary N) is 1. The predicted molar refractivity (Wildman–Crippen MR) is 84.4 cm³/mol. The number of nitrogens with zero attached hydrogens (tertiary/aromatic N) is 1. The molecule has 0 fully saturated rings. The van der Waals surface area contributed by atoms with Crippen LogP contribution in [0.4, 0.5) is 0 Å². The third-order valence-electron chi connectivity index (χ3n) is 3.71. The zero-order chi connectivity index (χ0) is 15.6. The number of para-hydroxylation sites is 1. The van der Waals surface area contributed by atoms with Crippen LogP contribution in [0, 0.1) is 11.3 Å². The standard InChI is InChI=1S/C17H14N2O2S/c18-9-10-21-14-7-3-2-6-13(14)17(16(19)20)11-12-5-1-4-8-15(12)22-17/h1-8H,10-11H2,(H2,19,20). The molecule has 0 spiro atoms. The van der Waals surface area contributed by atoms with Crippen LogP contribution < -0.4 is 10.5 Å². The van der Waals surface area contributed by atoms with Crippen molar-refractivity contribution in [3.8, 4) is 11.8 Å². The molecule has 2 aromatic carbocycles. The van der Waals surface area contributed by atoms with Gasteiger partial charge in [-0.2, -0.15) is 5.26 Å². The Morgan fingerprint density at radius 1 is 1.27 bits per heavy atom. The van der Waals surface area contributed by atoms with Crippen LogP contribution in [0.3, 0.4) is 0 Å². The van der Waals surface area contributed by atoms with Crippen molar-refractivity contribution in [3.63, 3.8) is 0 Å². The van der Waals surface area contributed by atoms with Gasteiger partial charge in [-0.25, -0.2) is 0 Å². The molecule has 1 heterocycles. The van der Waals surface area contributed by atoms with Gasteiger partial charge in [-0.05, 0) is 17.7 Å². The Morgan fingerprint density at radius 3 is 2.73 bits per heavy atom. The molecule has 0 saturated carbocycles. The van der Waals surface area contributed by atoms with Gasteiger partial charge >= 0.3 is 0 Å². The van der Waals surface area contributed by atoms with Crippen molar-refractivity contribution in [2.75, 3.05) is 6.61 Å². The molecule has 2 N–H and O–H groups in total. The zero-order valence-electron chi connectivity index (χ0n) is 11.8. The number of fused-ring (bicyclic) bond motifs is 1. The molecule has 0 aromatic heterocycles. The molecule has 1 aliphatic rings. The first-order valence-corrected chi connectivity index (χ1v) is 7.65. The van der Waals surface area contributed by atoms with Crippen LogP contribution in [0.25, 0.3) is 0 Å². The van der Waals surface area contributed by atoms with E-state index >= 15 is 0 Å². The number of benzene rings is 2. The van der Waals surface area contributed by atoms with Crippen LogP contribution in [0.2, 0.25) is 0 Å². The first-order chi connectivity index (χ1) is 10.7. The number of carbonyl (C=O) groups is 1. The minimum atomic E-state index is -0.893. The van der Waals surface area contributed by atoms with Crippen LogP contribution in [0.5, 0.6) is 5.75 Å². The van der Waals surface area contributed by atoms with Crippen molar-refractivity contribution in [2.24, 2.45) is 5.73 Å². The van der Waals surface area contributed by atoms with Gasteiger partial charge in [0, 0.05) is 16.9 Å². The van der Waals surface area contributed by atoms with Gasteiger partial charge in [0.1, 0.15) is 16.6 Å². The minimum Gasteiger partial charge on any atom is -0.478 e. The number of rotatable bonds is 4. The third kappa shape index (κ3) is 2.32. The highest BCUT2D eigenvalue weighted by atomic mass is 32.2. The van der Waals surface area contributed by atoms with E-state index in [0.717, 1.165) is 16.0 Å². The van der Waals surface area contributed by atoms with E-state index in [4.69, 9.17) is 15.7 Å². The molecule has 2 aromatic rings. The van der Waals surface area contributed by atoms with Crippen LogP contribution in [0.15, 0.2) is 53.4 Å². The molecule has 0 saturated heterocycles. The minimum absolute atomic E-state index is 0.0660. The summed E-state index contributed by atoms with van der Waals surface area (Å²) in [4.78, 5) is 13.4. The largest absolute Gasteiger partial charge is 0.478 e. The summed E-state index contributed by atoms with van der Waals surface area (Å²) in [5.74, 6) is 0.130. The van der Waals surface area contributed by atoms with E-state index < -0.39 is 10.7 Å². The van der Waals surface area contributed by atoms with Gasteiger partial charge in [0.25, 0.3) is 0 Å². The number of amides is 1. The molecule has 1 unspecified atom stereocenters. The van der Waals surface area contributed by atoms with Gasteiger partial charge in [0.15, 0.2) is 6.61 Å². The fraction of sp³-hybridized carbons (Fsp3) is 0.176. The summed E-state index contributed by atoms with van der Waals surface area (Å²) >= 11 is 1.45. The molecular formula is C17H14N2O2S. The Morgan fingerprint density at radius 2 is 2.00 bits per heavy atom. The molecule has 1 atom stereocenters. The Balaban J connectivity index is 2.08. The molecule has 1 aliphatic heterocycles. The van der Waals surface area contributed by atoms with Gasteiger partial charge in [-0.1, -0.05) is 36.4 Å².